The van der Waals surface area contributed by atoms with E-state index < -0.39 is 35.9 Å². The maximum atomic E-state index is 12.5. The molecule has 0 aliphatic carbocycles. The molecule has 0 spiro atoms. The van der Waals surface area contributed by atoms with Crippen LogP contribution in [0.1, 0.15) is 41.5 Å². The lowest BCUT2D eigenvalue weighted by molar-refractivity contribution is -0.161. The fourth-order valence-electron chi connectivity index (χ4n) is 2.45. The average Bonchev–Trinajstić information content (AvgIpc) is 2.58. The van der Waals surface area contributed by atoms with Gasteiger partial charge in [-0.3, -0.25) is 0 Å². The van der Waals surface area contributed by atoms with Crippen molar-refractivity contribution in [1.29, 1.82) is 0 Å². The van der Waals surface area contributed by atoms with Crippen molar-refractivity contribution in [2.45, 2.75) is 65.4 Å². The van der Waals surface area contributed by atoms with Crippen LogP contribution >= 0.6 is 0 Å². The summed E-state index contributed by atoms with van der Waals surface area (Å²) in [6.07, 6.45) is -1.73. The molecule has 1 N–H and O–H groups in total. The van der Waals surface area contributed by atoms with Crippen LogP contribution in [0, 0.1) is 5.92 Å². The van der Waals surface area contributed by atoms with Gasteiger partial charge in [0.1, 0.15) is 23.5 Å². The van der Waals surface area contributed by atoms with Crippen LogP contribution in [0.15, 0.2) is 30.3 Å². The number of alkyl carbamates (subject to hydrolysis) is 1. The monoisotopic (exact) mass is 395 g/mol. The Labute approximate surface area is 167 Å². The third-order valence-corrected chi connectivity index (χ3v) is 3.72. The molecule has 1 rings (SSSR count). The highest BCUT2D eigenvalue weighted by molar-refractivity contribution is 5.81. The summed E-state index contributed by atoms with van der Waals surface area (Å²) in [7, 11) is 1.53. The lowest BCUT2D eigenvalue weighted by atomic mass is 10.0. The van der Waals surface area contributed by atoms with E-state index in [1.807, 2.05) is 44.2 Å². The van der Waals surface area contributed by atoms with Gasteiger partial charge in [0.2, 0.25) is 0 Å². The van der Waals surface area contributed by atoms with E-state index >= 15 is 0 Å². The van der Waals surface area contributed by atoms with Gasteiger partial charge in [0, 0.05) is 7.11 Å². The fraction of sp³-hybridized carbons (Fsp3) is 0.619. The summed E-state index contributed by atoms with van der Waals surface area (Å²) < 4.78 is 22.1. The van der Waals surface area contributed by atoms with Gasteiger partial charge in [0.15, 0.2) is 6.10 Å². The van der Waals surface area contributed by atoms with Crippen LogP contribution in [0.5, 0.6) is 5.75 Å². The van der Waals surface area contributed by atoms with Gasteiger partial charge in [-0.1, -0.05) is 32.0 Å². The third-order valence-electron chi connectivity index (χ3n) is 3.72. The molecule has 0 unspecified atom stereocenters. The summed E-state index contributed by atoms with van der Waals surface area (Å²) >= 11 is 0. The highest BCUT2D eigenvalue weighted by Gasteiger charge is 2.32. The second-order valence-electron chi connectivity index (χ2n) is 7.94. The minimum Gasteiger partial charge on any atom is -0.486 e. The lowest BCUT2D eigenvalue weighted by Crippen LogP contribution is -2.47. The van der Waals surface area contributed by atoms with Gasteiger partial charge < -0.3 is 24.3 Å². The molecule has 0 heterocycles. The molecule has 0 aromatic heterocycles. The highest BCUT2D eigenvalue weighted by atomic mass is 16.6. The smallest absolute Gasteiger partial charge is 0.408 e. The molecule has 0 aliphatic rings. The number of hydrogen-bond donors (Lipinski definition) is 1. The number of hydrogen-bond acceptors (Lipinski definition) is 6. The molecule has 0 aliphatic heterocycles. The molecule has 0 radical (unpaired) electrons. The van der Waals surface area contributed by atoms with Crippen LogP contribution in [0.4, 0.5) is 4.79 Å². The Bertz CT molecular complexity index is 611. The Balaban J connectivity index is 2.79. The average molecular weight is 395 g/mol. The molecule has 3 atom stereocenters. The number of para-hydroxylation sites is 1. The van der Waals surface area contributed by atoms with Gasteiger partial charge in [-0.25, -0.2) is 9.59 Å². The molecule has 158 valence electrons. The number of ether oxygens (including phenoxy) is 4. The second-order valence-corrected chi connectivity index (χ2v) is 7.94. The largest absolute Gasteiger partial charge is 0.486 e. The van der Waals surface area contributed by atoms with E-state index in [1.54, 1.807) is 27.7 Å². The van der Waals surface area contributed by atoms with Crippen molar-refractivity contribution >= 4 is 12.1 Å². The Hall–Kier alpha value is -2.28. The minimum absolute atomic E-state index is 0.0577. The van der Waals surface area contributed by atoms with Crippen molar-refractivity contribution in [3.63, 3.8) is 0 Å². The number of nitrogens with one attached hydrogen (secondary N) is 1. The Kier molecular flexibility index (Phi) is 9.25. The number of rotatable bonds is 9. The van der Waals surface area contributed by atoms with Crippen molar-refractivity contribution in [2.24, 2.45) is 5.92 Å². The second kappa shape index (κ2) is 10.9. The van der Waals surface area contributed by atoms with Crippen molar-refractivity contribution in [3.05, 3.63) is 30.3 Å². The summed E-state index contributed by atoms with van der Waals surface area (Å²) in [5, 5.41) is 2.48. The SMILES string of the molecule is COC[C@H](OC(=O)[C@H](C)NC(=O)OC(C)(C)C)[C@H](Oc1ccccc1)C(C)C. The van der Waals surface area contributed by atoms with Gasteiger partial charge in [0.25, 0.3) is 0 Å². The number of benzene rings is 1. The maximum Gasteiger partial charge on any atom is 0.408 e. The topological polar surface area (TPSA) is 83.1 Å². The highest BCUT2D eigenvalue weighted by Crippen LogP contribution is 2.20. The van der Waals surface area contributed by atoms with Gasteiger partial charge in [0.05, 0.1) is 6.61 Å². The van der Waals surface area contributed by atoms with E-state index in [0.717, 1.165) is 0 Å². The van der Waals surface area contributed by atoms with E-state index in [4.69, 9.17) is 18.9 Å². The molecule has 7 nitrogen and oxygen atoms in total. The van der Waals surface area contributed by atoms with E-state index in [2.05, 4.69) is 5.32 Å². The molecule has 7 heteroatoms. The Morgan fingerprint density at radius 2 is 1.68 bits per heavy atom. The molecule has 0 fully saturated rings. The standard InChI is InChI=1S/C21H33NO6/c1-14(2)18(26-16-11-9-8-10-12-16)17(13-25-7)27-19(23)15(3)22-20(24)28-21(4,5)6/h8-12,14-15,17-18H,13H2,1-7H3,(H,22,24)/t15-,17-,18+/m0/s1. The summed E-state index contributed by atoms with van der Waals surface area (Å²) in [5.41, 5.74) is -0.654. The summed E-state index contributed by atoms with van der Waals surface area (Å²) in [6.45, 7) is 10.9. The first-order valence-electron chi connectivity index (χ1n) is 9.44. The van der Waals surface area contributed by atoms with E-state index in [9.17, 15) is 9.59 Å². The van der Waals surface area contributed by atoms with Crippen molar-refractivity contribution in [1.82, 2.24) is 5.32 Å². The van der Waals surface area contributed by atoms with Crippen LogP contribution in [0.3, 0.4) is 0 Å². The lowest BCUT2D eigenvalue weighted by Gasteiger charge is -2.31. The van der Waals surface area contributed by atoms with Crippen LogP contribution in [-0.2, 0) is 19.0 Å². The molecule has 1 aromatic carbocycles. The number of carbonyl (C=O) groups is 2. The van der Waals surface area contributed by atoms with E-state index in [1.165, 1.54) is 7.11 Å². The predicted molar refractivity (Wildman–Crippen MR) is 106 cm³/mol. The molecule has 0 saturated carbocycles. The first-order valence-corrected chi connectivity index (χ1v) is 9.44. The molecular formula is C21H33NO6. The van der Waals surface area contributed by atoms with E-state index in [-0.39, 0.29) is 12.5 Å². The third kappa shape index (κ3) is 8.61. The zero-order valence-corrected chi connectivity index (χ0v) is 17.9. The van der Waals surface area contributed by atoms with Crippen LogP contribution in [0.2, 0.25) is 0 Å². The van der Waals surface area contributed by atoms with Crippen LogP contribution in [-0.4, -0.2) is 49.6 Å². The summed E-state index contributed by atoms with van der Waals surface area (Å²) in [4.78, 5) is 24.4. The predicted octanol–water partition coefficient (Wildman–Crippen LogP) is 3.56. The Morgan fingerprint density at radius 3 is 2.18 bits per heavy atom. The van der Waals surface area contributed by atoms with E-state index in [0.29, 0.717) is 5.75 Å². The first kappa shape index (κ1) is 23.8. The Morgan fingerprint density at radius 1 is 1.07 bits per heavy atom. The van der Waals surface area contributed by atoms with Crippen molar-refractivity contribution in [2.75, 3.05) is 13.7 Å². The number of amides is 1. The molecule has 0 saturated heterocycles. The zero-order chi connectivity index (χ0) is 21.3. The number of methoxy groups -OCH3 is 1. The fourth-order valence-corrected chi connectivity index (χ4v) is 2.45. The van der Waals surface area contributed by atoms with Crippen LogP contribution < -0.4 is 10.1 Å². The summed E-state index contributed by atoms with van der Waals surface area (Å²) in [6, 6.07) is 8.45. The quantitative estimate of drug-likeness (QED) is 0.644. The summed E-state index contributed by atoms with van der Waals surface area (Å²) in [5.74, 6) is 0.149. The maximum absolute atomic E-state index is 12.5. The molecule has 28 heavy (non-hydrogen) atoms. The molecule has 0 bridgehead atoms. The van der Waals surface area contributed by atoms with Gasteiger partial charge in [-0.2, -0.15) is 0 Å². The van der Waals surface area contributed by atoms with Crippen molar-refractivity contribution in [3.8, 4) is 5.75 Å². The van der Waals surface area contributed by atoms with Gasteiger partial charge in [-0.05, 0) is 45.7 Å². The molecule has 1 aromatic rings. The normalized spacial score (nSPS) is 14.7. The van der Waals surface area contributed by atoms with Gasteiger partial charge >= 0.3 is 12.1 Å². The van der Waals surface area contributed by atoms with Crippen molar-refractivity contribution < 1.29 is 28.5 Å². The molecular weight excluding hydrogens is 362 g/mol. The number of carbonyl (C=O) groups excluding carboxylic acids is 2. The minimum atomic E-state index is -0.876. The van der Waals surface area contributed by atoms with Crippen LogP contribution in [0.25, 0.3) is 0 Å². The zero-order valence-electron chi connectivity index (χ0n) is 17.9. The molecule has 1 amide bonds. The van der Waals surface area contributed by atoms with Gasteiger partial charge in [-0.15, -0.1) is 0 Å². The first-order chi connectivity index (χ1) is 13.0. The number of esters is 1.